The minimum atomic E-state index is -0.459. The van der Waals surface area contributed by atoms with E-state index >= 15 is 0 Å². The number of aromatic amines is 1. The fraction of sp³-hybridized carbons (Fsp3) is 0.0952. The van der Waals surface area contributed by atoms with Gasteiger partial charge >= 0.3 is 0 Å². The zero-order chi connectivity index (χ0) is 17.9. The van der Waals surface area contributed by atoms with Crippen LogP contribution >= 0.6 is 0 Å². The average molecular weight is 348 g/mol. The minimum Gasteiger partial charge on any atom is -0.497 e. The first-order chi connectivity index (χ1) is 12.7. The highest BCUT2D eigenvalue weighted by atomic mass is 19.1. The number of halogens is 1. The Labute approximate surface area is 150 Å². The van der Waals surface area contributed by atoms with Gasteiger partial charge in [0.15, 0.2) is 11.9 Å². The Morgan fingerprint density at radius 1 is 0.923 bits per heavy atom. The van der Waals surface area contributed by atoms with E-state index in [1.165, 1.54) is 12.1 Å². The number of rotatable bonds is 5. The summed E-state index contributed by atoms with van der Waals surface area (Å²) in [7, 11) is 1.63. The predicted molar refractivity (Wildman–Crippen MR) is 98.0 cm³/mol. The maximum absolute atomic E-state index is 13.5. The Bertz CT molecular complexity index is 1010. The van der Waals surface area contributed by atoms with Crippen LogP contribution in [0.4, 0.5) is 4.39 Å². The number of H-pyrrole nitrogens is 1. The Hall–Kier alpha value is -3.34. The molecule has 3 aromatic carbocycles. The third kappa shape index (κ3) is 3.24. The van der Waals surface area contributed by atoms with Crippen LogP contribution in [0.5, 0.6) is 11.5 Å². The number of fused-ring (bicyclic) bond motifs is 1. The number of nitrogens with zero attached hydrogens (tertiary/aromatic N) is 1. The average Bonchev–Trinajstić information content (AvgIpc) is 3.10. The lowest BCUT2D eigenvalue weighted by Crippen LogP contribution is -2.11. The standard InChI is InChI=1S/C21H17FN2O2/c1-25-16-10-7-14(8-11-16)20(26-17-5-3-2-4-6-17)21-23-18-12-9-15(22)13-19(18)24-21/h2-13,20H,1H3,(H,23,24). The highest BCUT2D eigenvalue weighted by molar-refractivity contribution is 5.75. The van der Waals surface area contributed by atoms with E-state index in [4.69, 9.17) is 9.47 Å². The van der Waals surface area contributed by atoms with Crippen molar-refractivity contribution in [2.24, 2.45) is 0 Å². The number of imidazole rings is 1. The first kappa shape index (κ1) is 16.1. The number of hydrogen-bond acceptors (Lipinski definition) is 3. The molecule has 1 aromatic heterocycles. The van der Waals surface area contributed by atoms with Crippen molar-refractivity contribution >= 4 is 11.0 Å². The van der Waals surface area contributed by atoms with E-state index in [2.05, 4.69) is 9.97 Å². The number of ether oxygens (including phenoxy) is 2. The number of nitrogens with one attached hydrogen (secondary N) is 1. The predicted octanol–water partition coefficient (Wildman–Crippen LogP) is 4.88. The summed E-state index contributed by atoms with van der Waals surface area (Å²) in [6, 6.07) is 21.6. The molecule has 0 spiro atoms. The Morgan fingerprint density at radius 3 is 2.42 bits per heavy atom. The zero-order valence-electron chi connectivity index (χ0n) is 14.1. The third-order valence-corrected chi connectivity index (χ3v) is 4.13. The Balaban J connectivity index is 1.77. The molecule has 0 amide bonds. The molecule has 0 radical (unpaired) electrons. The molecule has 1 heterocycles. The quantitative estimate of drug-likeness (QED) is 0.559. The summed E-state index contributed by atoms with van der Waals surface area (Å²) in [6.07, 6.45) is -0.459. The van der Waals surface area contributed by atoms with Crippen molar-refractivity contribution in [3.63, 3.8) is 0 Å². The van der Waals surface area contributed by atoms with Crippen molar-refractivity contribution in [3.05, 3.63) is 90.0 Å². The van der Waals surface area contributed by atoms with Crippen LogP contribution in [0.15, 0.2) is 72.8 Å². The fourth-order valence-electron chi connectivity index (χ4n) is 2.82. The molecule has 0 aliphatic rings. The zero-order valence-corrected chi connectivity index (χ0v) is 14.1. The highest BCUT2D eigenvalue weighted by Crippen LogP contribution is 2.29. The van der Waals surface area contributed by atoms with Crippen LogP contribution in [0.3, 0.4) is 0 Å². The van der Waals surface area contributed by atoms with Crippen molar-refractivity contribution in [1.29, 1.82) is 0 Å². The molecule has 0 saturated heterocycles. The maximum Gasteiger partial charge on any atom is 0.181 e. The highest BCUT2D eigenvalue weighted by Gasteiger charge is 2.20. The van der Waals surface area contributed by atoms with Crippen LogP contribution in [0.1, 0.15) is 17.5 Å². The molecule has 4 aromatic rings. The van der Waals surface area contributed by atoms with Gasteiger partial charge in [-0.15, -0.1) is 0 Å². The van der Waals surface area contributed by atoms with Gasteiger partial charge in [0.05, 0.1) is 18.1 Å². The molecular formula is C21H17FN2O2. The summed E-state index contributed by atoms with van der Waals surface area (Å²) in [4.78, 5) is 7.77. The second-order valence-corrected chi connectivity index (χ2v) is 5.87. The van der Waals surface area contributed by atoms with Gasteiger partial charge in [-0.3, -0.25) is 0 Å². The molecule has 0 saturated carbocycles. The van der Waals surface area contributed by atoms with Gasteiger partial charge in [-0.1, -0.05) is 30.3 Å². The third-order valence-electron chi connectivity index (χ3n) is 4.13. The summed E-state index contributed by atoms with van der Waals surface area (Å²) >= 11 is 0. The van der Waals surface area contributed by atoms with Crippen molar-refractivity contribution in [2.75, 3.05) is 7.11 Å². The number of para-hydroxylation sites is 1. The summed E-state index contributed by atoms with van der Waals surface area (Å²) < 4.78 is 24.9. The molecule has 0 aliphatic heterocycles. The van der Waals surface area contributed by atoms with Crippen molar-refractivity contribution in [3.8, 4) is 11.5 Å². The van der Waals surface area contributed by atoms with Gasteiger partial charge in [0.25, 0.3) is 0 Å². The van der Waals surface area contributed by atoms with Gasteiger partial charge in [-0.2, -0.15) is 0 Å². The monoisotopic (exact) mass is 348 g/mol. The van der Waals surface area contributed by atoms with Crippen molar-refractivity contribution < 1.29 is 13.9 Å². The largest absolute Gasteiger partial charge is 0.497 e. The van der Waals surface area contributed by atoms with Gasteiger partial charge < -0.3 is 14.5 Å². The van der Waals surface area contributed by atoms with Crippen LogP contribution in [0, 0.1) is 5.82 Å². The molecule has 1 unspecified atom stereocenters. The van der Waals surface area contributed by atoms with E-state index in [1.54, 1.807) is 13.2 Å². The molecular weight excluding hydrogens is 331 g/mol. The summed E-state index contributed by atoms with van der Waals surface area (Å²) in [6.45, 7) is 0. The SMILES string of the molecule is COc1ccc(C(Oc2ccccc2)c2nc3cc(F)ccc3[nH]2)cc1. The van der Waals surface area contributed by atoms with Crippen LogP contribution in [-0.2, 0) is 0 Å². The molecule has 5 heteroatoms. The molecule has 4 nitrogen and oxygen atoms in total. The number of aromatic nitrogens is 2. The first-order valence-corrected chi connectivity index (χ1v) is 8.24. The van der Waals surface area contributed by atoms with Crippen molar-refractivity contribution in [1.82, 2.24) is 9.97 Å². The Morgan fingerprint density at radius 2 is 1.69 bits per heavy atom. The van der Waals surface area contributed by atoms with Gasteiger partial charge in [0, 0.05) is 11.6 Å². The molecule has 0 bridgehead atoms. The van der Waals surface area contributed by atoms with Crippen LogP contribution in [0.25, 0.3) is 11.0 Å². The van der Waals surface area contributed by atoms with Crippen LogP contribution in [0.2, 0.25) is 0 Å². The smallest absolute Gasteiger partial charge is 0.181 e. The molecule has 4 rings (SSSR count). The summed E-state index contributed by atoms with van der Waals surface area (Å²) in [5.74, 6) is 1.78. The second kappa shape index (κ2) is 6.88. The first-order valence-electron chi connectivity index (χ1n) is 8.24. The van der Waals surface area contributed by atoms with E-state index in [9.17, 15) is 4.39 Å². The van der Waals surface area contributed by atoms with Crippen molar-refractivity contribution in [2.45, 2.75) is 6.10 Å². The van der Waals surface area contributed by atoms with Gasteiger partial charge in [-0.05, 0) is 36.4 Å². The van der Waals surface area contributed by atoms with Gasteiger partial charge in [0.2, 0.25) is 0 Å². The Kier molecular flexibility index (Phi) is 4.27. The number of methoxy groups -OCH3 is 1. The van der Waals surface area contributed by atoms with Gasteiger partial charge in [-0.25, -0.2) is 9.37 Å². The second-order valence-electron chi connectivity index (χ2n) is 5.87. The van der Waals surface area contributed by atoms with E-state index in [0.717, 1.165) is 22.6 Å². The molecule has 1 N–H and O–H groups in total. The van der Waals surface area contributed by atoms with Crippen LogP contribution in [-0.4, -0.2) is 17.1 Å². The maximum atomic E-state index is 13.5. The molecule has 1 atom stereocenters. The lowest BCUT2D eigenvalue weighted by molar-refractivity contribution is 0.238. The van der Waals surface area contributed by atoms with Crippen LogP contribution < -0.4 is 9.47 Å². The molecule has 130 valence electrons. The van der Waals surface area contributed by atoms with Gasteiger partial charge in [0.1, 0.15) is 17.3 Å². The minimum absolute atomic E-state index is 0.319. The topological polar surface area (TPSA) is 47.1 Å². The molecule has 0 fully saturated rings. The van der Waals surface area contributed by atoms with E-state index < -0.39 is 6.10 Å². The summed E-state index contributed by atoms with van der Waals surface area (Å²) in [5, 5.41) is 0. The molecule has 26 heavy (non-hydrogen) atoms. The lowest BCUT2D eigenvalue weighted by atomic mass is 10.1. The fourth-order valence-corrected chi connectivity index (χ4v) is 2.82. The lowest BCUT2D eigenvalue weighted by Gasteiger charge is -2.18. The summed E-state index contributed by atoms with van der Waals surface area (Å²) in [5.41, 5.74) is 2.24. The van der Waals surface area contributed by atoms with E-state index in [0.29, 0.717) is 11.3 Å². The normalized spacial score (nSPS) is 12.1. The molecule has 0 aliphatic carbocycles. The van der Waals surface area contributed by atoms with E-state index in [1.807, 2.05) is 54.6 Å². The number of benzene rings is 3. The van der Waals surface area contributed by atoms with E-state index in [-0.39, 0.29) is 5.82 Å². The number of hydrogen-bond donors (Lipinski definition) is 1.